The average Bonchev–Trinajstić information content (AvgIpc) is 3.66. The van der Waals surface area contributed by atoms with Gasteiger partial charge < -0.3 is 25.9 Å². The fourth-order valence-electron chi connectivity index (χ4n) is 6.84. The number of H-pyrrole nitrogens is 1. The number of phenolic OH excluding ortho intramolecular Hbond substituents is 1. The maximum absolute atomic E-state index is 16.6. The molecule has 0 amide bonds. The molecule has 2 saturated heterocycles. The van der Waals surface area contributed by atoms with Gasteiger partial charge in [0.1, 0.15) is 41.1 Å². The highest BCUT2D eigenvalue weighted by molar-refractivity contribution is 6.32. The number of rotatable bonds is 8. The molecule has 0 unspecified atom stereocenters. The highest BCUT2D eigenvalue weighted by Crippen LogP contribution is 2.49. The molecule has 2 aliphatic heterocycles. The molecule has 0 bridgehead atoms. The minimum Gasteiger partial charge on any atom is -0.508 e. The van der Waals surface area contributed by atoms with Crippen LogP contribution in [0.5, 0.6) is 11.8 Å². The molecule has 3 aliphatic rings. The Morgan fingerprint density at radius 3 is 2.93 bits per heavy atom. The number of nitrogens with two attached hydrogens (primary N) is 1. The van der Waals surface area contributed by atoms with Crippen molar-refractivity contribution in [2.75, 3.05) is 30.7 Å². The molecule has 1 aromatic carbocycles. The normalized spacial score (nSPS) is 22.3. The lowest BCUT2D eigenvalue weighted by molar-refractivity contribution is 0.107. The molecule has 4 aromatic rings. The Labute approximate surface area is 256 Å². The van der Waals surface area contributed by atoms with Crippen LogP contribution >= 0.6 is 11.6 Å². The third-order valence-electron chi connectivity index (χ3n) is 9.07. The number of hydrogen-bond donors (Lipinski definition) is 4. The quantitative estimate of drug-likeness (QED) is 0.201. The van der Waals surface area contributed by atoms with Crippen LogP contribution in [0.3, 0.4) is 0 Å². The summed E-state index contributed by atoms with van der Waals surface area (Å²) in [6.45, 7) is 3.06. The van der Waals surface area contributed by atoms with Gasteiger partial charge >= 0.3 is 6.01 Å². The Kier molecular flexibility index (Phi) is 7.08. The van der Waals surface area contributed by atoms with Crippen LogP contribution in [0.15, 0.2) is 35.3 Å². The smallest absolute Gasteiger partial charge is 0.319 e. The van der Waals surface area contributed by atoms with Crippen molar-refractivity contribution in [1.29, 1.82) is 0 Å². The lowest BCUT2D eigenvalue weighted by atomic mass is 9.95. The van der Waals surface area contributed by atoms with Crippen molar-refractivity contribution in [1.82, 2.24) is 24.8 Å². The van der Waals surface area contributed by atoms with Gasteiger partial charge in [-0.2, -0.15) is 9.97 Å². The molecule has 0 radical (unpaired) electrons. The molecule has 0 spiro atoms. The summed E-state index contributed by atoms with van der Waals surface area (Å²) in [6.07, 6.45) is 4.37. The molecule has 10 nitrogen and oxygen atoms in total. The first-order valence-corrected chi connectivity index (χ1v) is 15.2. The number of nitrogen functional groups attached to an aromatic ring is 1. The van der Waals surface area contributed by atoms with Gasteiger partial charge in [0.25, 0.3) is 5.56 Å². The second-order valence-electron chi connectivity index (χ2n) is 12.1. The van der Waals surface area contributed by atoms with Gasteiger partial charge in [0.2, 0.25) is 0 Å². The molecule has 3 aromatic heterocycles. The maximum atomic E-state index is 16.6. The van der Waals surface area contributed by atoms with Crippen molar-refractivity contribution >= 4 is 34.1 Å². The van der Waals surface area contributed by atoms with Crippen LogP contribution in [-0.2, 0) is 0 Å². The predicted molar refractivity (Wildman–Crippen MR) is 163 cm³/mol. The molecule has 1 aliphatic carbocycles. The van der Waals surface area contributed by atoms with Gasteiger partial charge in [0.15, 0.2) is 5.82 Å². The third-order valence-corrected chi connectivity index (χ3v) is 9.39. The summed E-state index contributed by atoms with van der Waals surface area (Å²) < 4.78 is 37.1. The van der Waals surface area contributed by atoms with E-state index in [1.54, 1.807) is 18.3 Å². The molecule has 7 rings (SSSR count). The van der Waals surface area contributed by atoms with E-state index in [0.29, 0.717) is 40.5 Å². The number of nitrogens with zero attached hydrogens (tertiary/aromatic N) is 4. The van der Waals surface area contributed by atoms with Crippen LogP contribution < -0.4 is 21.3 Å². The number of fused-ring (bicyclic) bond motifs is 2. The molecule has 1 saturated carbocycles. The summed E-state index contributed by atoms with van der Waals surface area (Å²) in [7, 11) is 0. The van der Waals surface area contributed by atoms with Crippen molar-refractivity contribution in [3.63, 3.8) is 0 Å². The van der Waals surface area contributed by atoms with E-state index >= 15 is 4.39 Å². The largest absolute Gasteiger partial charge is 0.508 e. The van der Waals surface area contributed by atoms with Gasteiger partial charge in [0.05, 0.1) is 17.3 Å². The fourth-order valence-corrected chi connectivity index (χ4v) is 7.21. The highest BCUT2D eigenvalue weighted by atomic mass is 35.5. The number of nitrogens with one attached hydrogen (secondary N) is 2. The number of hydrogen-bond acceptors (Lipinski definition) is 9. The molecule has 5 N–H and O–H groups in total. The molecule has 13 heteroatoms. The summed E-state index contributed by atoms with van der Waals surface area (Å²) >= 11 is 6.49. The van der Waals surface area contributed by atoms with E-state index in [9.17, 15) is 14.3 Å². The lowest BCUT2D eigenvalue weighted by Crippen LogP contribution is -2.43. The van der Waals surface area contributed by atoms with E-state index in [-0.39, 0.29) is 46.7 Å². The number of aromatic nitrogens is 4. The number of alkyl halides is 1. The van der Waals surface area contributed by atoms with Gasteiger partial charge in [-0.1, -0.05) is 17.7 Å². The fraction of sp³-hybridized carbons (Fsp3) is 0.419. The molecule has 3 fully saturated rings. The van der Waals surface area contributed by atoms with Gasteiger partial charge in [-0.25, -0.2) is 13.8 Å². The first-order valence-electron chi connectivity index (χ1n) is 14.8. The Morgan fingerprint density at radius 1 is 1.34 bits per heavy atom. The molecule has 3 atom stereocenters. The van der Waals surface area contributed by atoms with Gasteiger partial charge in [0, 0.05) is 35.3 Å². The second kappa shape index (κ2) is 10.8. The molecule has 44 heavy (non-hydrogen) atoms. The number of aromatic amines is 1. The number of aromatic hydroxyl groups is 1. The summed E-state index contributed by atoms with van der Waals surface area (Å²) in [4.78, 5) is 31.5. The van der Waals surface area contributed by atoms with Gasteiger partial charge in [-0.15, -0.1) is 0 Å². The summed E-state index contributed by atoms with van der Waals surface area (Å²) in [6, 6.07) is 5.70. The first kappa shape index (κ1) is 28.7. The zero-order chi connectivity index (χ0) is 30.7. The van der Waals surface area contributed by atoms with Crippen LogP contribution in [0.4, 0.5) is 20.4 Å². The average molecular weight is 624 g/mol. The number of halogens is 3. The number of ether oxygens (including phenoxy) is 1. The van der Waals surface area contributed by atoms with Crippen LogP contribution in [0, 0.1) is 5.82 Å². The van der Waals surface area contributed by atoms with E-state index in [1.807, 2.05) is 6.92 Å². The van der Waals surface area contributed by atoms with E-state index in [0.717, 1.165) is 32.2 Å². The van der Waals surface area contributed by atoms with Gasteiger partial charge in [-0.05, 0) is 68.8 Å². The van der Waals surface area contributed by atoms with Crippen molar-refractivity contribution < 1.29 is 18.6 Å². The maximum Gasteiger partial charge on any atom is 0.319 e. The van der Waals surface area contributed by atoms with Crippen molar-refractivity contribution in [3.8, 4) is 23.0 Å². The Morgan fingerprint density at radius 2 is 2.16 bits per heavy atom. The van der Waals surface area contributed by atoms with Crippen molar-refractivity contribution in [2.24, 2.45) is 0 Å². The molecular weight excluding hydrogens is 592 g/mol. The van der Waals surface area contributed by atoms with Crippen molar-refractivity contribution in [2.45, 2.75) is 62.7 Å². The number of anilines is 2. The second-order valence-corrected chi connectivity index (χ2v) is 12.5. The van der Waals surface area contributed by atoms with Crippen LogP contribution in [0.2, 0.25) is 5.02 Å². The Hall–Kier alpha value is -4.03. The molecule has 5 heterocycles. The highest BCUT2D eigenvalue weighted by Gasteiger charge is 2.49. The Balaban J connectivity index is 1.36. The van der Waals surface area contributed by atoms with E-state index < -0.39 is 29.1 Å². The van der Waals surface area contributed by atoms with E-state index in [2.05, 4.69) is 30.2 Å². The predicted octanol–water partition coefficient (Wildman–Crippen LogP) is 5.47. The van der Waals surface area contributed by atoms with Gasteiger partial charge in [-0.3, -0.25) is 9.69 Å². The zero-order valence-corrected chi connectivity index (χ0v) is 24.8. The lowest BCUT2D eigenvalue weighted by Gasteiger charge is -2.30. The van der Waals surface area contributed by atoms with E-state index in [4.69, 9.17) is 22.1 Å². The van der Waals surface area contributed by atoms with Crippen LogP contribution in [0.25, 0.3) is 22.2 Å². The summed E-state index contributed by atoms with van der Waals surface area (Å²) in [5.41, 5.74) is 6.17. The molecule has 230 valence electrons. The number of benzene rings is 1. The topological polar surface area (TPSA) is 142 Å². The monoisotopic (exact) mass is 623 g/mol. The number of phenols is 1. The van der Waals surface area contributed by atoms with Crippen LogP contribution in [0.1, 0.15) is 62.1 Å². The third kappa shape index (κ3) is 4.99. The zero-order valence-electron chi connectivity index (χ0n) is 24.0. The van der Waals surface area contributed by atoms with Crippen molar-refractivity contribution in [3.05, 3.63) is 62.8 Å². The SMILES string of the molecule is C[C@@H](Nc1nc(OC[C@@]23CCCN2C[C@H](F)C3)nc2c(F)c(-c3cc(O)cc(Cl)c3C3CC3)[nH]c(=O)c12)c1cccnc1N. The minimum absolute atomic E-state index is 0.0411. The van der Waals surface area contributed by atoms with E-state index in [1.165, 1.54) is 12.1 Å². The number of pyridine rings is 2. The summed E-state index contributed by atoms with van der Waals surface area (Å²) in [5.74, 6) is -0.560. The molecular formula is C31H32ClF2N7O3. The van der Waals surface area contributed by atoms with Crippen LogP contribution in [-0.4, -0.2) is 61.3 Å². The minimum atomic E-state index is -0.951. The first-order chi connectivity index (χ1) is 21.1. The Bertz CT molecular complexity index is 1830. The standard InChI is InChI=1S/C31H32ClF2N7O3/c1-15(19-4-2-8-36-27(19)35)37-28-23-26(39-30(40-28)44-14-31-7-3-9-41(31)13-17(33)12-31)24(34)25(38-29(23)43)20-10-18(42)11-21(32)22(20)16-5-6-16/h2,4,8,10-11,15-17,42H,3,5-7,9,12-14H2,1H3,(H2,35,36)(H,38,43)(H,37,39,40)/t15-,17-,31+/m1/s1. The summed E-state index contributed by atoms with van der Waals surface area (Å²) in [5, 5.41) is 13.7.